The van der Waals surface area contributed by atoms with Gasteiger partial charge in [0.25, 0.3) is 5.91 Å². The molecule has 0 aliphatic carbocycles. The largest absolute Gasteiger partial charge is 0.381 e. The van der Waals surface area contributed by atoms with Gasteiger partial charge in [0, 0.05) is 67.0 Å². The second-order valence-electron chi connectivity index (χ2n) is 11.3. The zero-order valence-corrected chi connectivity index (χ0v) is 22.0. The first-order chi connectivity index (χ1) is 19.4. The van der Waals surface area contributed by atoms with Gasteiger partial charge in [-0.1, -0.05) is 24.3 Å². The van der Waals surface area contributed by atoms with Crippen LogP contribution in [0.1, 0.15) is 73.1 Å². The molecule has 8 nitrogen and oxygen atoms in total. The van der Waals surface area contributed by atoms with Crippen LogP contribution in [0, 0.1) is 5.82 Å². The second-order valence-corrected chi connectivity index (χ2v) is 11.3. The number of carbonyl (C=O) groups is 3. The Morgan fingerprint density at radius 1 is 1.11 bits per heavy atom. The van der Waals surface area contributed by atoms with E-state index >= 15 is 4.39 Å². The molecule has 3 aliphatic heterocycles. The van der Waals surface area contributed by atoms with Crippen molar-refractivity contribution >= 4 is 23.4 Å². The molecule has 0 aromatic heterocycles. The Hall–Kier alpha value is -3.30. The predicted octanol–water partition coefficient (Wildman–Crippen LogP) is 3.59. The van der Waals surface area contributed by atoms with Gasteiger partial charge in [0.15, 0.2) is 0 Å². The molecule has 38 heavy (non-hydrogen) atoms. The number of morpholine rings is 1. The number of nitrogens with one attached hydrogen (secondary N) is 2. The van der Waals surface area contributed by atoms with Gasteiger partial charge in [-0.05, 0) is 46.2 Å². The van der Waals surface area contributed by atoms with Gasteiger partial charge in [-0.25, -0.2) is 4.39 Å². The third kappa shape index (κ3) is 5.31. The van der Waals surface area contributed by atoms with Gasteiger partial charge in [0.05, 0.1) is 16.7 Å². The summed E-state index contributed by atoms with van der Waals surface area (Å²) in [7, 11) is 0. The number of piperidine rings is 1. The zero-order valence-electron chi connectivity index (χ0n) is 26.0. The molecule has 9 heteroatoms. The number of fused-ring (bicyclic) bond motifs is 1. The first kappa shape index (κ1) is 21.6. The Kier molecular flexibility index (Phi) is 5.56. The minimum absolute atomic E-state index is 0.0387. The molecule has 3 aliphatic rings. The topological polar surface area (TPSA) is 91.0 Å². The number of rotatable bonds is 6. The monoisotopic (exact) mass is 526 g/mol. The molecule has 2 aromatic rings. The predicted molar refractivity (Wildman–Crippen MR) is 141 cm³/mol. The van der Waals surface area contributed by atoms with Crippen LogP contribution in [0.3, 0.4) is 0 Å². The Morgan fingerprint density at radius 3 is 2.50 bits per heavy atom. The van der Waals surface area contributed by atoms with Crippen LogP contribution in [0.15, 0.2) is 36.4 Å². The van der Waals surface area contributed by atoms with Crippen molar-refractivity contribution in [2.45, 2.75) is 77.3 Å². The average Bonchev–Trinajstić information content (AvgIpc) is 3.04. The van der Waals surface area contributed by atoms with Crippen LogP contribution in [0.2, 0.25) is 0 Å². The van der Waals surface area contributed by atoms with Crippen LogP contribution < -0.4 is 10.6 Å². The van der Waals surface area contributed by atoms with Crippen LogP contribution in [-0.4, -0.2) is 57.9 Å². The highest BCUT2D eigenvalue weighted by atomic mass is 19.1. The van der Waals surface area contributed by atoms with E-state index in [2.05, 4.69) is 15.5 Å². The molecular formula is C29H35FN4O4. The smallest absolute Gasteiger partial charge is 0.255 e. The highest BCUT2D eigenvalue weighted by molar-refractivity contribution is 6.06. The number of benzene rings is 2. The highest BCUT2D eigenvalue weighted by Gasteiger charge is 2.40. The number of halogens is 1. The van der Waals surface area contributed by atoms with E-state index in [-0.39, 0.29) is 41.8 Å². The third-order valence-corrected chi connectivity index (χ3v) is 6.83. The molecule has 3 heterocycles. The summed E-state index contributed by atoms with van der Waals surface area (Å²) in [6, 6.07) is 7.58. The molecule has 2 saturated heterocycles. The zero-order chi connectivity index (χ0) is 30.8. The third-order valence-electron chi connectivity index (χ3n) is 6.83. The Bertz CT molecular complexity index is 1450. The summed E-state index contributed by atoms with van der Waals surface area (Å²) in [4.78, 5) is 40.4. The number of anilines is 1. The molecule has 0 saturated carbocycles. The molecule has 2 fully saturated rings. The minimum Gasteiger partial charge on any atom is -0.381 e. The van der Waals surface area contributed by atoms with Gasteiger partial charge in [0.2, 0.25) is 11.8 Å². The van der Waals surface area contributed by atoms with Crippen LogP contribution >= 0.6 is 0 Å². The van der Waals surface area contributed by atoms with Crippen molar-refractivity contribution < 1.29 is 29.0 Å². The fourth-order valence-corrected chi connectivity index (χ4v) is 5.64. The van der Waals surface area contributed by atoms with Crippen LogP contribution in [-0.2, 0) is 33.9 Å². The lowest BCUT2D eigenvalue weighted by molar-refractivity contribution is -0.182. The van der Waals surface area contributed by atoms with E-state index in [1.54, 1.807) is 12.1 Å². The van der Waals surface area contributed by atoms with Crippen molar-refractivity contribution in [2.75, 3.05) is 18.4 Å². The standard InChI is InChI=1S/C29H35FN4O4/c1-28(2)16-33(17-29(3,4)38-28)14-19-8-5-7-18(25(19)30)13-31-22-10-6-9-20-21(22)15-34(27(20)37)23-11-12-24(35)32-26(23)36/h5-10,23,31H,11-17H2,1-4H3,(H,32,35,36)/i13D2,15D2. The van der Waals surface area contributed by atoms with E-state index in [9.17, 15) is 14.4 Å². The summed E-state index contributed by atoms with van der Waals surface area (Å²) >= 11 is 0. The number of ether oxygens (including phenoxy) is 1. The summed E-state index contributed by atoms with van der Waals surface area (Å²) in [6.45, 7) is 4.24. The first-order valence-electron chi connectivity index (χ1n) is 14.7. The molecule has 5 rings (SSSR count). The molecule has 1 unspecified atom stereocenters. The number of amides is 3. The van der Waals surface area contributed by atoms with E-state index in [1.807, 2.05) is 27.7 Å². The van der Waals surface area contributed by atoms with Gasteiger partial charge in [-0.2, -0.15) is 0 Å². The molecule has 3 amide bonds. The molecule has 1 atom stereocenters. The number of hydrogen-bond donors (Lipinski definition) is 2. The molecule has 2 N–H and O–H groups in total. The Morgan fingerprint density at radius 2 is 1.79 bits per heavy atom. The van der Waals surface area contributed by atoms with Crippen molar-refractivity contribution in [3.8, 4) is 0 Å². The van der Waals surface area contributed by atoms with E-state index in [1.165, 1.54) is 24.3 Å². The maximum atomic E-state index is 15.9. The summed E-state index contributed by atoms with van der Waals surface area (Å²) in [5.74, 6) is -2.75. The second kappa shape index (κ2) is 9.78. The van der Waals surface area contributed by atoms with Crippen molar-refractivity contribution in [3.05, 3.63) is 64.5 Å². The van der Waals surface area contributed by atoms with Crippen LogP contribution in [0.4, 0.5) is 10.1 Å². The van der Waals surface area contributed by atoms with Crippen molar-refractivity contribution in [3.63, 3.8) is 0 Å². The van der Waals surface area contributed by atoms with Gasteiger partial charge in [0.1, 0.15) is 11.9 Å². The first-order valence-corrected chi connectivity index (χ1v) is 12.7. The summed E-state index contributed by atoms with van der Waals surface area (Å²) in [5, 5.41) is 4.79. The number of hydrogen-bond acceptors (Lipinski definition) is 6. The summed E-state index contributed by atoms with van der Waals surface area (Å²) in [6.07, 6.45) is -0.0850. The molecule has 0 spiro atoms. The SMILES string of the molecule is [2H]C([2H])(Nc1cccc2c1C([2H])([2H])N(C1CCC(=O)NC1=O)C2=O)c1cccc(CN2CC(C)(C)OC(C)(C)C2)c1F. The number of nitrogens with zero attached hydrogens (tertiary/aromatic N) is 2. The molecule has 0 bridgehead atoms. The Labute approximate surface area is 228 Å². The normalized spacial score (nSPS) is 26.1. The van der Waals surface area contributed by atoms with Crippen molar-refractivity contribution in [1.82, 2.24) is 15.1 Å². The molecule has 0 radical (unpaired) electrons. The summed E-state index contributed by atoms with van der Waals surface area (Å²) < 4.78 is 57.3. The minimum atomic E-state index is -2.51. The fourth-order valence-electron chi connectivity index (χ4n) is 5.64. The average molecular weight is 527 g/mol. The number of carbonyl (C=O) groups excluding carboxylic acids is 3. The lowest BCUT2D eigenvalue weighted by Crippen LogP contribution is -2.56. The summed E-state index contributed by atoms with van der Waals surface area (Å²) in [5.41, 5.74) is -1.10. The van der Waals surface area contributed by atoms with E-state index in [0.29, 0.717) is 18.7 Å². The highest BCUT2D eigenvalue weighted by Crippen LogP contribution is 2.33. The van der Waals surface area contributed by atoms with E-state index < -0.39 is 53.8 Å². The van der Waals surface area contributed by atoms with E-state index in [4.69, 9.17) is 10.2 Å². The van der Waals surface area contributed by atoms with Gasteiger partial charge >= 0.3 is 0 Å². The lowest BCUT2D eigenvalue weighted by atomic mass is 9.98. The Balaban J connectivity index is 1.44. The number of imide groups is 1. The van der Waals surface area contributed by atoms with Gasteiger partial charge < -0.3 is 15.0 Å². The lowest BCUT2D eigenvalue weighted by Gasteiger charge is -2.47. The van der Waals surface area contributed by atoms with Crippen molar-refractivity contribution in [2.24, 2.45) is 0 Å². The van der Waals surface area contributed by atoms with Crippen LogP contribution in [0.25, 0.3) is 0 Å². The fraction of sp³-hybridized carbons (Fsp3) is 0.483. The van der Waals surface area contributed by atoms with Gasteiger partial charge in [-0.15, -0.1) is 0 Å². The quantitative estimate of drug-likeness (QED) is 0.559. The molecule has 202 valence electrons. The van der Waals surface area contributed by atoms with E-state index in [0.717, 1.165) is 4.90 Å². The van der Waals surface area contributed by atoms with Gasteiger partial charge in [-0.3, -0.25) is 24.6 Å². The molecular weight excluding hydrogens is 487 g/mol. The van der Waals surface area contributed by atoms with Crippen molar-refractivity contribution in [1.29, 1.82) is 0 Å². The maximum Gasteiger partial charge on any atom is 0.255 e. The maximum absolute atomic E-state index is 15.9. The van der Waals surface area contributed by atoms with Crippen LogP contribution in [0.5, 0.6) is 0 Å². The molecule has 2 aromatic carbocycles.